The van der Waals surface area contributed by atoms with Gasteiger partial charge in [0, 0.05) is 19.3 Å². The maximum absolute atomic E-state index is 12.8. The van der Waals surface area contributed by atoms with E-state index < -0.39 is 6.10 Å². The van der Waals surface area contributed by atoms with Crippen LogP contribution in [-0.4, -0.2) is 37.2 Å². The summed E-state index contributed by atoms with van der Waals surface area (Å²) in [6.07, 6.45) is 68.2. The minimum atomic E-state index is -0.779. The second-order valence-electron chi connectivity index (χ2n) is 19.5. The van der Waals surface area contributed by atoms with Crippen LogP contribution in [0.2, 0.25) is 0 Å². The Morgan fingerprint density at radius 3 is 0.955 bits per heavy atom. The smallest absolute Gasteiger partial charge is 0.306 e. The Bertz CT molecular complexity index is 1170. The highest BCUT2D eigenvalue weighted by Gasteiger charge is 2.19. The number of ether oxygens (including phenoxy) is 3. The van der Waals surface area contributed by atoms with Crippen LogP contribution in [0.4, 0.5) is 0 Å². The Morgan fingerprint density at radius 1 is 0.313 bits per heavy atom. The molecular formula is C61H110O6. The molecule has 0 N–H and O–H groups in total. The van der Waals surface area contributed by atoms with Gasteiger partial charge in [0.1, 0.15) is 13.2 Å². The van der Waals surface area contributed by atoms with Gasteiger partial charge in [0.15, 0.2) is 6.10 Å². The number of carbonyl (C=O) groups is 3. The van der Waals surface area contributed by atoms with Gasteiger partial charge in [-0.15, -0.1) is 0 Å². The summed E-state index contributed by atoms with van der Waals surface area (Å²) in [6, 6.07) is 0. The molecule has 390 valence electrons. The van der Waals surface area contributed by atoms with E-state index in [0.29, 0.717) is 19.3 Å². The van der Waals surface area contributed by atoms with Crippen molar-refractivity contribution in [1.82, 2.24) is 0 Å². The Morgan fingerprint density at radius 2 is 0.582 bits per heavy atom. The van der Waals surface area contributed by atoms with E-state index in [1.807, 2.05) is 0 Å². The molecule has 0 aromatic rings. The fourth-order valence-corrected chi connectivity index (χ4v) is 8.45. The SMILES string of the molecule is CC/C=C\C/C=C\C/C=C\CCCCCCCCCC(=O)OC(COC(=O)CCCCCCC/C=C\CCCCC)COC(=O)CCCCCCCCCCCCCCCCCCCCCC. The largest absolute Gasteiger partial charge is 0.462 e. The average molecular weight is 940 g/mol. The normalized spacial score (nSPS) is 12.3. The molecule has 1 atom stereocenters. The van der Waals surface area contributed by atoms with E-state index in [9.17, 15) is 14.4 Å². The van der Waals surface area contributed by atoms with Crippen LogP contribution in [0.15, 0.2) is 48.6 Å². The third-order valence-corrected chi connectivity index (χ3v) is 12.8. The molecule has 0 aromatic heterocycles. The van der Waals surface area contributed by atoms with Gasteiger partial charge in [-0.05, 0) is 77.0 Å². The lowest BCUT2D eigenvalue weighted by Gasteiger charge is -2.18. The van der Waals surface area contributed by atoms with Crippen LogP contribution < -0.4 is 0 Å². The molecule has 0 saturated heterocycles. The summed E-state index contributed by atoms with van der Waals surface area (Å²) in [5.41, 5.74) is 0. The Hall–Kier alpha value is -2.63. The first-order valence-electron chi connectivity index (χ1n) is 29.1. The first-order valence-corrected chi connectivity index (χ1v) is 29.1. The van der Waals surface area contributed by atoms with Crippen molar-refractivity contribution >= 4 is 17.9 Å². The molecule has 0 aliphatic carbocycles. The van der Waals surface area contributed by atoms with Crippen molar-refractivity contribution in [3.8, 4) is 0 Å². The molecule has 0 saturated carbocycles. The van der Waals surface area contributed by atoms with Gasteiger partial charge in [-0.1, -0.05) is 256 Å². The van der Waals surface area contributed by atoms with Crippen molar-refractivity contribution in [2.24, 2.45) is 0 Å². The number of unbranched alkanes of at least 4 members (excludes halogenated alkanes) is 34. The van der Waals surface area contributed by atoms with E-state index in [-0.39, 0.29) is 31.1 Å². The van der Waals surface area contributed by atoms with Gasteiger partial charge in [0.05, 0.1) is 0 Å². The minimum absolute atomic E-state index is 0.0768. The zero-order valence-electron chi connectivity index (χ0n) is 44.7. The molecule has 0 aromatic carbocycles. The molecule has 0 spiro atoms. The van der Waals surface area contributed by atoms with Gasteiger partial charge in [0.2, 0.25) is 0 Å². The lowest BCUT2D eigenvalue weighted by Crippen LogP contribution is -2.30. The molecule has 0 radical (unpaired) electrons. The van der Waals surface area contributed by atoms with Crippen LogP contribution >= 0.6 is 0 Å². The number of rotatable bonds is 53. The molecule has 6 heteroatoms. The highest BCUT2D eigenvalue weighted by molar-refractivity contribution is 5.71. The van der Waals surface area contributed by atoms with E-state index in [1.54, 1.807) is 0 Å². The summed E-state index contributed by atoms with van der Waals surface area (Å²) < 4.78 is 16.9. The number of hydrogen-bond donors (Lipinski definition) is 0. The van der Waals surface area contributed by atoms with Crippen molar-refractivity contribution in [2.75, 3.05) is 13.2 Å². The third-order valence-electron chi connectivity index (χ3n) is 12.8. The van der Waals surface area contributed by atoms with Gasteiger partial charge < -0.3 is 14.2 Å². The minimum Gasteiger partial charge on any atom is -0.462 e. The zero-order valence-corrected chi connectivity index (χ0v) is 44.7. The topological polar surface area (TPSA) is 78.9 Å². The molecular weight excluding hydrogens is 829 g/mol. The van der Waals surface area contributed by atoms with E-state index >= 15 is 0 Å². The van der Waals surface area contributed by atoms with Gasteiger partial charge >= 0.3 is 17.9 Å². The number of hydrogen-bond acceptors (Lipinski definition) is 6. The van der Waals surface area contributed by atoms with Crippen LogP contribution in [0, 0.1) is 0 Å². The molecule has 0 bridgehead atoms. The Balaban J connectivity index is 4.31. The molecule has 0 heterocycles. The molecule has 6 nitrogen and oxygen atoms in total. The highest BCUT2D eigenvalue weighted by Crippen LogP contribution is 2.17. The van der Waals surface area contributed by atoms with E-state index in [1.165, 1.54) is 173 Å². The molecule has 0 rings (SSSR count). The quantitative estimate of drug-likeness (QED) is 0.0262. The summed E-state index contributed by atoms with van der Waals surface area (Å²) in [7, 11) is 0. The second-order valence-corrected chi connectivity index (χ2v) is 19.5. The van der Waals surface area contributed by atoms with Gasteiger partial charge in [0.25, 0.3) is 0 Å². The van der Waals surface area contributed by atoms with E-state index in [2.05, 4.69) is 69.4 Å². The first kappa shape index (κ1) is 64.4. The maximum Gasteiger partial charge on any atom is 0.306 e. The summed E-state index contributed by atoms with van der Waals surface area (Å²) in [5, 5.41) is 0. The first-order chi connectivity index (χ1) is 33.0. The average Bonchev–Trinajstić information content (AvgIpc) is 3.33. The third kappa shape index (κ3) is 54.2. The molecule has 0 amide bonds. The van der Waals surface area contributed by atoms with Crippen LogP contribution in [0.1, 0.15) is 303 Å². The summed E-state index contributed by atoms with van der Waals surface area (Å²) in [4.78, 5) is 38.1. The lowest BCUT2D eigenvalue weighted by atomic mass is 10.0. The van der Waals surface area contributed by atoms with Gasteiger partial charge in [-0.25, -0.2) is 0 Å². The fourth-order valence-electron chi connectivity index (χ4n) is 8.45. The Labute approximate surface area is 416 Å². The summed E-state index contributed by atoms with van der Waals surface area (Å²) >= 11 is 0. The number of carbonyl (C=O) groups excluding carboxylic acids is 3. The number of allylic oxidation sites excluding steroid dienone is 8. The molecule has 0 fully saturated rings. The fraction of sp³-hybridized carbons (Fsp3) is 0.820. The summed E-state index contributed by atoms with van der Waals surface area (Å²) in [5.74, 6) is -0.882. The van der Waals surface area contributed by atoms with Crippen LogP contribution in [-0.2, 0) is 28.6 Å². The predicted octanol–water partition coefficient (Wildman–Crippen LogP) is 19.4. The van der Waals surface area contributed by atoms with Gasteiger partial charge in [-0.3, -0.25) is 14.4 Å². The second kappa shape index (κ2) is 56.0. The van der Waals surface area contributed by atoms with E-state index in [0.717, 1.165) is 89.9 Å². The van der Waals surface area contributed by atoms with Crippen molar-refractivity contribution < 1.29 is 28.6 Å². The van der Waals surface area contributed by atoms with Gasteiger partial charge in [-0.2, -0.15) is 0 Å². The van der Waals surface area contributed by atoms with Crippen LogP contribution in [0.25, 0.3) is 0 Å². The molecule has 0 aliphatic rings. The predicted molar refractivity (Wildman–Crippen MR) is 289 cm³/mol. The lowest BCUT2D eigenvalue weighted by molar-refractivity contribution is -0.167. The van der Waals surface area contributed by atoms with Crippen molar-refractivity contribution in [3.05, 3.63) is 48.6 Å². The molecule has 0 aliphatic heterocycles. The van der Waals surface area contributed by atoms with Crippen LogP contribution in [0.3, 0.4) is 0 Å². The zero-order chi connectivity index (χ0) is 48.6. The maximum atomic E-state index is 12.8. The number of esters is 3. The highest BCUT2D eigenvalue weighted by atomic mass is 16.6. The van der Waals surface area contributed by atoms with Crippen molar-refractivity contribution in [1.29, 1.82) is 0 Å². The van der Waals surface area contributed by atoms with E-state index in [4.69, 9.17) is 14.2 Å². The molecule has 67 heavy (non-hydrogen) atoms. The van der Waals surface area contributed by atoms with Crippen molar-refractivity contribution in [2.45, 2.75) is 309 Å². The van der Waals surface area contributed by atoms with Crippen molar-refractivity contribution in [3.63, 3.8) is 0 Å². The monoisotopic (exact) mass is 939 g/mol. The summed E-state index contributed by atoms with van der Waals surface area (Å²) in [6.45, 7) is 6.53. The van der Waals surface area contributed by atoms with Crippen LogP contribution in [0.5, 0.6) is 0 Å². The standard InChI is InChI=1S/C61H110O6/c1-4-7-10-13-16-19-22-25-27-29-30-31-33-34-36-39-42-45-48-51-54-60(63)66-57-58(56-65-59(62)53-50-47-44-41-38-24-21-18-15-12-9-6-3)67-61(64)55-52-49-46-43-40-37-35-32-28-26-23-20-17-14-11-8-5-2/h8,11,17-18,20-21,26,28,58H,4-7,9-10,12-16,19,22-25,27,29-57H2,1-3H3/b11-8-,20-17-,21-18-,28-26-. The Kier molecular flexibility index (Phi) is 53.8. The molecule has 1 unspecified atom stereocenters.